The molecule has 1 fully saturated rings. The van der Waals surface area contributed by atoms with Crippen LogP contribution in [0, 0.1) is 23.7 Å². The SMILES string of the molecule is C=CC(CCC)CCC(C)C1CCC(C)CC1. The summed E-state index contributed by atoms with van der Waals surface area (Å²) >= 11 is 0. The maximum atomic E-state index is 3.98. The zero-order valence-electron chi connectivity index (χ0n) is 12.3. The Kier molecular flexibility index (Phi) is 6.92. The topological polar surface area (TPSA) is 0 Å². The summed E-state index contributed by atoms with van der Waals surface area (Å²) in [6.07, 6.45) is 13.5. The van der Waals surface area contributed by atoms with Gasteiger partial charge in [0.2, 0.25) is 0 Å². The van der Waals surface area contributed by atoms with Gasteiger partial charge in [-0.15, -0.1) is 6.58 Å². The molecular formula is C17H32. The van der Waals surface area contributed by atoms with E-state index in [4.69, 9.17) is 0 Å². The van der Waals surface area contributed by atoms with Crippen molar-refractivity contribution in [1.82, 2.24) is 0 Å². The molecule has 0 aromatic heterocycles. The van der Waals surface area contributed by atoms with Crippen LogP contribution in [0.3, 0.4) is 0 Å². The zero-order valence-corrected chi connectivity index (χ0v) is 12.3. The van der Waals surface area contributed by atoms with Gasteiger partial charge in [0.25, 0.3) is 0 Å². The first-order valence-corrected chi connectivity index (χ1v) is 7.79. The minimum absolute atomic E-state index is 0.768. The Hall–Kier alpha value is -0.260. The van der Waals surface area contributed by atoms with Gasteiger partial charge in [0, 0.05) is 0 Å². The van der Waals surface area contributed by atoms with Crippen molar-refractivity contribution in [2.45, 2.75) is 72.1 Å². The Morgan fingerprint density at radius 2 is 1.76 bits per heavy atom. The van der Waals surface area contributed by atoms with Crippen molar-refractivity contribution in [3.05, 3.63) is 12.7 Å². The predicted molar refractivity (Wildman–Crippen MR) is 78.1 cm³/mol. The maximum Gasteiger partial charge on any atom is -0.0236 e. The molecule has 0 aliphatic heterocycles. The number of allylic oxidation sites excluding steroid dienone is 1. The van der Waals surface area contributed by atoms with Crippen molar-refractivity contribution in [2.24, 2.45) is 23.7 Å². The van der Waals surface area contributed by atoms with Crippen molar-refractivity contribution in [1.29, 1.82) is 0 Å². The van der Waals surface area contributed by atoms with E-state index in [0.29, 0.717) is 0 Å². The molecule has 0 radical (unpaired) electrons. The molecule has 0 bridgehead atoms. The van der Waals surface area contributed by atoms with E-state index in [9.17, 15) is 0 Å². The maximum absolute atomic E-state index is 3.98. The van der Waals surface area contributed by atoms with Crippen molar-refractivity contribution in [2.75, 3.05) is 0 Å². The average Bonchev–Trinajstić information content (AvgIpc) is 2.35. The third-order valence-electron chi connectivity index (χ3n) is 4.85. The number of rotatable bonds is 7. The Bertz CT molecular complexity index is 198. The molecular weight excluding hydrogens is 204 g/mol. The molecule has 1 saturated carbocycles. The van der Waals surface area contributed by atoms with E-state index < -0.39 is 0 Å². The normalized spacial score (nSPS) is 28.6. The number of hydrogen-bond donors (Lipinski definition) is 0. The highest BCUT2D eigenvalue weighted by Crippen LogP contribution is 2.35. The fourth-order valence-corrected chi connectivity index (χ4v) is 3.32. The largest absolute Gasteiger partial charge is 0.103 e. The summed E-state index contributed by atoms with van der Waals surface area (Å²) in [6, 6.07) is 0. The predicted octanol–water partition coefficient (Wildman–Crippen LogP) is 5.83. The average molecular weight is 236 g/mol. The van der Waals surface area contributed by atoms with Crippen molar-refractivity contribution in [3.63, 3.8) is 0 Å². The molecule has 0 spiro atoms. The van der Waals surface area contributed by atoms with Gasteiger partial charge in [-0.3, -0.25) is 0 Å². The molecule has 1 rings (SSSR count). The summed E-state index contributed by atoms with van der Waals surface area (Å²) in [7, 11) is 0. The monoisotopic (exact) mass is 236 g/mol. The van der Waals surface area contributed by atoms with Crippen LogP contribution >= 0.6 is 0 Å². The molecule has 0 heteroatoms. The summed E-state index contributed by atoms with van der Waals surface area (Å²) < 4.78 is 0. The number of hydrogen-bond acceptors (Lipinski definition) is 0. The molecule has 2 unspecified atom stereocenters. The molecule has 17 heavy (non-hydrogen) atoms. The highest BCUT2D eigenvalue weighted by Gasteiger charge is 2.23. The molecule has 0 amide bonds. The minimum atomic E-state index is 0.768. The molecule has 1 aliphatic carbocycles. The van der Waals surface area contributed by atoms with Crippen LogP contribution in [0.15, 0.2) is 12.7 Å². The second-order valence-corrected chi connectivity index (χ2v) is 6.36. The van der Waals surface area contributed by atoms with Crippen LogP contribution < -0.4 is 0 Å². The third-order valence-corrected chi connectivity index (χ3v) is 4.85. The van der Waals surface area contributed by atoms with E-state index in [0.717, 1.165) is 23.7 Å². The lowest BCUT2D eigenvalue weighted by Crippen LogP contribution is -2.19. The smallest absolute Gasteiger partial charge is 0.0236 e. The highest BCUT2D eigenvalue weighted by molar-refractivity contribution is 4.81. The first kappa shape index (κ1) is 14.8. The van der Waals surface area contributed by atoms with Crippen LogP contribution in [-0.4, -0.2) is 0 Å². The van der Waals surface area contributed by atoms with Crippen molar-refractivity contribution in [3.8, 4) is 0 Å². The highest BCUT2D eigenvalue weighted by atomic mass is 14.3. The molecule has 0 nitrogen and oxygen atoms in total. The summed E-state index contributed by atoms with van der Waals surface area (Å²) in [5, 5.41) is 0. The standard InChI is InChI=1S/C17H32/c1-5-7-16(6-2)11-10-15(4)17-12-8-14(3)9-13-17/h6,14-17H,2,5,7-13H2,1,3-4H3. The summed E-state index contributed by atoms with van der Waals surface area (Å²) in [4.78, 5) is 0. The third kappa shape index (κ3) is 5.27. The van der Waals surface area contributed by atoms with E-state index in [1.54, 1.807) is 0 Å². The van der Waals surface area contributed by atoms with Gasteiger partial charge in [0.1, 0.15) is 0 Å². The van der Waals surface area contributed by atoms with Gasteiger partial charge in [-0.25, -0.2) is 0 Å². The molecule has 0 heterocycles. The summed E-state index contributed by atoms with van der Waals surface area (Å²) in [5.74, 6) is 3.70. The fourth-order valence-electron chi connectivity index (χ4n) is 3.32. The first-order valence-electron chi connectivity index (χ1n) is 7.79. The molecule has 0 N–H and O–H groups in total. The second kappa shape index (κ2) is 7.95. The Morgan fingerprint density at radius 3 is 2.29 bits per heavy atom. The van der Waals surface area contributed by atoms with Gasteiger partial charge in [-0.1, -0.05) is 46.1 Å². The fraction of sp³-hybridized carbons (Fsp3) is 0.882. The van der Waals surface area contributed by atoms with E-state index in [1.165, 1.54) is 51.4 Å². The molecule has 0 aromatic rings. The lowest BCUT2D eigenvalue weighted by Gasteiger charge is -2.31. The zero-order chi connectivity index (χ0) is 12.7. The van der Waals surface area contributed by atoms with Gasteiger partial charge < -0.3 is 0 Å². The van der Waals surface area contributed by atoms with Crippen LogP contribution in [0.1, 0.15) is 72.1 Å². The van der Waals surface area contributed by atoms with Gasteiger partial charge in [-0.05, 0) is 55.8 Å². The van der Waals surface area contributed by atoms with Gasteiger partial charge >= 0.3 is 0 Å². The summed E-state index contributed by atoms with van der Waals surface area (Å²) in [6.45, 7) is 11.2. The van der Waals surface area contributed by atoms with Crippen LogP contribution in [0.5, 0.6) is 0 Å². The molecule has 0 aromatic carbocycles. The molecule has 2 atom stereocenters. The van der Waals surface area contributed by atoms with Crippen LogP contribution in [0.2, 0.25) is 0 Å². The Balaban J connectivity index is 2.23. The van der Waals surface area contributed by atoms with Crippen molar-refractivity contribution < 1.29 is 0 Å². The van der Waals surface area contributed by atoms with Gasteiger partial charge in [0.05, 0.1) is 0 Å². The lowest BCUT2D eigenvalue weighted by atomic mass is 9.75. The molecule has 100 valence electrons. The van der Waals surface area contributed by atoms with Crippen LogP contribution in [0.25, 0.3) is 0 Å². The van der Waals surface area contributed by atoms with Crippen LogP contribution in [-0.2, 0) is 0 Å². The van der Waals surface area contributed by atoms with E-state index >= 15 is 0 Å². The van der Waals surface area contributed by atoms with E-state index in [1.807, 2.05) is 0 Å². The van der Waals surface area contributed by atoms with Crippen LogP contribution in [0.4, 0.5) is 0 Å². The quantitative estimate of drug-likeness (QED) is 0.488. The first-order chi connectivity index (χ1) is 8.17. The Labute approximate surface area is 109 Å². The molecule has 1 aliphatic rings. The van der Waals surface area contributed by atoms with Gasteiger partial charge in [0.15, 0.2) is 0 Å². The van der Waals surface area contributed by atoms with Crippen molar-refractivity contribution >= 4 is 0 Å². The Morgan fingerprint density at radius 1 is 1.12 bits per heavy atom. The molecule has 0 saturated heterocycles. The lowest BCUT2D eigenvalue weighted by molar-refractivity contribution is 0.208. The van der Waals surface area contributed by atoms with Gasteiger partial charge in [-0.2, -0.15) is 0 Å². The second-order valence-electron chi connectivity index (χ2n) is 6.36. The van der Waals surface area contributed by atoms with E-state index in [2.05, 4.69) is 33.4 Å². The summed E-state index contributed by atoms with van der Waals surface area (Å²) in [5.41, 5.74) is 0. The van der Waals surface area contributed by atoms with E-state index in [-0.39, 0.29) is 0 Å². The minimum Gasteiger partial charge on any atom is -0.103 e.